The number of esters is 1. The molecule has 2 bridgehead atoms. The minimum Gasteiger partial charge on any atom is -0.461 e. The van der Waals surface area contributed by atoms with Crippen LogP contribution in [-0.2, 0) is 19.1 Å². The molecular formula is C17H28O4. The van der Waals surface area contributed by atoms with Crippen molar-refractivity contribution < 1.29 is 19.1 Å². The van der Waals surface area contributed by atoms with E-state index in [1.165, 1.54) is 6.42 Å². The standard InChI is InChI=1S/C17H28O4/c1-11(16(4,5)20-10-18)14(19)21-13-9-12-7-8-17(13,6)15(12,2)3/h10-13H,7-9H2,1-6H3. The van der Waals surface area contributed by atoms with Crippen molar-refractivity contribution in [2.24, 2.45) is 22.7 Å². The Hall–Kier alpha value is -1.06. The molecule has 120 valence electrons. The lowest BCUT2D eigenvalue weighted by Crippen LogP contribution is -2.43. The third-order valence-corrected chi connectivity index (χ3v) is 6.72. The van der Waals surface area contributed by atoms with Gasteiger partial charge in [-0.25, -0.2) is 0 Å². The monoisotopic (exact) mass is 296 g/mol. The number of fused-ring (bicyclic) bond motifs is 2. The van der Waals surface area contributed by atoms with Gasteiger partial charge in [-0.15, -0.1) is 0 Å². The molecule has 0 heterocycles. The molecule has 0 saturated heterocycles. The van der Waals surface area contributed by atoms with E-state index in [4.69, 9.17) is 9.47 Å². The van der Waals surface area contributed by atoms with Crippen molar-refractivity contribution in [2.75, 3.05) is 0 Å². The molecule has 4 atom stereocenters. The molecule has 0 aliphatic heterocycles. The molecule has 0 amide bonds. The summed E-state index contributed by atoms with van der Waals surface area (Å²) in [6.45, 7) is 12.5. The number of rotatable bonds is 5. The van der Waals surface area contributed by atoms with Gasteiger partial charge in [0, 0.05) is 5.41 Å². The van der Waals surface area contributed by atoms with Gasteiger partial charge in [0.05, 0.1) is 5.92 Å². The lowest BCUT2D eigenvalue weighted by Gasteiger charge is -2.39. The summed E-state index contributed by atoms with van der Waals surface area (Å²) in [5.74, 6) is -0.111. The van der Waals surface area contributed by atoms with E-state index < -0.39 is 11.5 Å². The Kier molecular flexibility index (Phi) is 3.88. The summed E-state index contributed by atoms with van der Waals surface area (Å²) in [7, 11) is 0. The maximum atomic E-state index is 12.4. The van der Waals surface area contributed by atoms with Gasteiger partial charge in [-0.3, -0.25) is 9.59 Å². The molecule has 2 fully saturated rings. The zero-order chi connectivity index (χ0) is 16.1. The summed E-state index contributed by atoms with van der Waals surface area (Å²) in [5, 5.41) is 0. The number of carbonyl (C=O) groups excluding carboxylic acids is 2. The first-order chi connectivity index (χ1) is 9.56. The van der Waals surface area contributed by atoms with Crippen LogP contribution in [0.5, 0.6) is 0 Å². The molecule has 4 unspecified atom stereocenters. The normalized spacial score (nSPS) is 35.3. The highest BCUT2D eigenvalue weighted by Gasteiger charge is 2.63. The van der Waals surface area contributed by atoms with Crippen LogP contribution in [0.4, 0.5) is 0 Å². The van der Waals surface area contributed by atoms with Gasteiger partial charge in [-0.1, -0.05) is 20.8 Å². The van der Waals surface area contributed by atoms with Crippen LogP contribution in [0.15, 0.2) is 0 Å². The molecule has 4 nitrogen and oxygen atoms in total. The average Bonchev–Trinajstić information content (AvgIpc) is 2.70. The van der Waals surface area contributed by atoms with Gasteiger partial charge in [-0.05, 0) is 51.4 Å². The van der Waals surface area contributed by atoms with E-state index in [0.717, 1.165) is 12.8 Å². The van der Waals surface area contributed by atoms with E-state index in [-0.39, 0.29) is 22.9 Å². The molecule has 21 heavy (non-hydrogen) atoms. The third kappa shape index (κ3) is 2.36. The second kappa shape index (κ2) is 4.99. The van der Waals surface area contributed by atoms with E-state index in [2.05, 4.69) is 20.8 Å². The zero-order valence-electron chi connectivity index (χ0n) is 14.1. The number of hydrogen-bond donors (Lipinski definition) is 0. The van der Waals surface area contributed by atoms with E-state index in [1.54, 1.807) is 20.8 Å². The van der Waals surface area contributed by atoms with Crippen LogP contribution in [0.2, 0.25) is 0 Å². The summed E-state index contributed by atoms with van der Waals surface area (Å²) >= 11 is 0. The van der Waals surface area contributed by atoms with E-state index in [1.807, 2.05) is 0 Å². The van der Waals surface area contributed by atoms with Crippen LogP contribution < -0.4 is 0 Å². The fourth-order valence-electron chi connectivity index (χ4n) is 4.06. The highest BCUT2D eigenvalue weighted by atomic mass is 16.6. The van der Waals surface area contributed by atoms with Crippen molar-refractivity contribution in [3.05, 3.63) is 0 Å². The Balaban J connectivity index is 2.07. The quantitative estimate of drug-likeness (QED) is 0.577. The fourth-order valence-corrected chi connectivity index (χ4v) is 4.06. The predicted molar refractivity (Wildman–Crippen MR) is 79.5 cm³/mol. The van der Waals surface area contributed by atoms with Crippen LogP contribution >= 0.6 is 0 Å². The van der Waals surface area contributed by atoms with Crippen LogP contribution in [0.3, 0.4) is 0 Å². The molecule has 0 aromatic carbocycles. The zero-order valence-corrected chi connectivity index (χ0v) is 14.1. The Morgan fingerprint density at radius 2 is 1.95 bits per heavy atom. The lowest BCUT2D eigenvalue weighted by atomic mass is 9.70. The average molecular weight is 296 g/mol. The Morgan fingerprint density at radius 1 is 1.33 bits per heavy atom. The second-order valence-corrected chi connectivity index (χ2v) is 8.08. The topological polar surface area (TPSA) is 52.6 Å². The Morgan fingerprint density at radius 3 is 2.38 bits per heavy atom. The first-order valence-corrected chi connectivity index (χ1v) is 7.88. The maximum Gasteiger partial charge on any atom is 0.312 e. The molecular weight excluding hydrogens is 268 g/mol. The smallest absolute Gasteiger partial charge is 0.312 e. The molecule has 0 radical (unpaired) electrons. The van der Waals surface area contributed by atoms with E-state index >= 15 is 0 Å². The maximum absolute atomic E-state index is 12.4. The summed E-state index contributed by atoms with van der Waals surface area (Å²) in [6, 6.07) is 0. The summed E-state index contributed by atoms with van der Waals surface area (Å²) in [5.41, 5.74) is -0.564. The van der Waals surface area contributed by atoms with E-state index in [0.29, 0.717) is 12.4 Å². The van der Waals surface area contributed by atoms with Gasteiger partial charge < -0.3 is 9.47 Å². The fraction of sp³-hybridized carbons (Fsp3) is 0.882. The van der Waals surface area contributed by atoms with Gasteiger partial charge >= 0.3 is 5.97 Å². The first-order valence-electron chi connectivity index (χ1n) is 7.88. The van der Waals surface area contributed by atoms with E-state index in [9.17, 15) is 9.59 Å². The molecule has 0 N–H and O–H groups in total. The third-order valence-electron chi connectivity index (χ3n) is 6.72. The molecule has 2 aliphatic rings. The second-order valence-electron chi connectivity index (χ2n) is 8.08. The number of hydrogen-bond acceptors (Lipinski definition) is 4. The van der Waals surface area contributed by atoms with Crippen LogP contribution in [0.1, 0.15) is 60.8 Å². The van der Waals surface area contributed by atoms with Crippen molar-refractivity contribution in [1.29, 1.82) is 0 Å². The summed E-state index contributed by atoms with van der Waals surface area (Å²) in [6.07, 6.45) is 3.28. The molecule has 2 aliphatic carbocycles. The summed E-state index contributed by atoms with van der Waals surface area (Å²) in [4.78, 5) is 23.0. The van der Waals surface area contributed by atoms with Crippen molar-refractivity contribution in [2.45, 2.75) is 72.5 Å². The van der Waals surface area contributed by atoms with Crippen molar-refractivity contribution in [3.63, 3.8) is 0 Å². The van der Waals surface area contributed by atoms with Gasteiger partial charge in [0.25, 0.3) is 6.47 Å². The Bertz CT molecular complexity index is 440. The molecule has 0 aromatic heterocycles. The number of carbonyl (C=O) groups is 2. The molecule has 0 spiro atoms. The van der Waals surface area contributed by atoms with Crippen molar-refractivity contribution in [1.82, 2.24) is 0 Å². The van der Waals surface area contributed by atoms with Crippen molar-refractivity contribution >= 4 is 12.4 Å². The Labute approximate surface area is 127 Å². The molecule has 0 aromatic rings. The highest BCUT2D eigenvalue weighted by Crippen LogP contribution is 2.66. The molecule has 2 saturated carbocycles. The largest absolute Gasteiger partial charge is 0.461 e. The summed E-state index contributed by atoms with van der Waals surface area (Å²) < 4.78 is 10.9. The van der Waals surface area contributed by atoms with Gasteiger partial charge in [0.15, 0.2) is 0 Å². The van der Waals surface area contributed by atoms with Crippen LogP contribution in [0.25, 0.3) is 0 Å². The minimum absolute atomic E-state index is 0.0202. The number of ether oxygens (including phenoxy) is 2. The predicted octanol–water partition coefficient (Wildman–Crippen LogP) is 3.33. The van der Waals surface area contributed by atoms with Gasteiger partial charge in [0.2, 0.25) is 0 Å². The first kappa shape index (κ1) is 16.3. The van der Waals surface area contributed by atoms with Crippen molar-refractivity contribution in [3.8, 4) is 0 Å². The molecule has 2 rings (SSSR count). The van der Waals surface area contributed by atoms with Gasteiger partial charge in [-0.2, -0.15) is 0 Å². The van der Waals surface area contributed by atoms with Crippen LogP contribution in [-0.4, -0.2) is 24.1 Å². The molecule has 4 heteroatoms. The minimum atomic E-state index is -0.840. The lowest BCUT2D eigenvalue weighted by molar-refractivity contribution is -0.173. The highest BCUT2D eigenvalue weighted by molar-refractivity contribution is 5.74. The van der Waals surface area contributed by atoms with Crippen LogP contribution in [0, 0.1) is 22.7 Å². The SMILES string of the molecule is CC(C(=O)OC1CC2CCC1(C)C2(C)C)C(C)(C)OC=O. The van der Waals surface area contributed by atoms with Gasteiger partial charge in [0.1, 0.15) is 11.7 Å².